The summed E-state index contributed by atoms with van der Waals surface area (Å²) in [5.74, 6) is 0.759. The molecule has 1 unspecified atom stereocenters. The predicted octanol–water partition coefficient (Wildman–Crippen LogP) is 0.965. The Balaban J connectivity index is 1.66. The lowest BCUT2D eigenvalue weighted by Gasteiger charge is -2.11. The van der Waals surface area contributed by atoms with Gasteiger partial charge in [0.1, 0.15) is 4.90 Å². The lowest BCUT2D eigenvalue weighted by Crippen LogP contribution is -2.32. The van der Waals surface area contributed by atoms with Gasteiger partial charge in [-0.05, 0) is 49.0 Å². The van der Waals surface area contributed by atoms with E-state index in [-0.39, 0.29) is 21.7 Å². The van der Waals surface area contributed by atoms with Crippen LogP contribution in [0.2, 0.25) is 5.02 Å². The van der Waals surface area contributed by atoms with E-state index in [0.29, 0.717) is 30.2 Å². The number of piperidine rings is 1. The van der Waals surface area contributed by atoms with E-state index in [4.69, 9.17) is 11.6 Å². The van der Waals surface area contributed by atoms with E-state index < -0.39 is 10.0 Å². The number of carbonyl (C=O) groups is 1. The summed E-state index contributed by atoms with van der Waals surface area (Å²) in [7, 11) is -3.68. The lowest BCUT2D eigenvalue weighted by molar-refractivity contribution is 0.0994. The highest BCUT2D eigenvalue weighted by Crippen LogP contribution is 2.43. The molecule has 2 aliphatic carbocycles. The first-order chi connectivity index (χ1) is 9.97. The van der Waals surface area contributed by atoms with Gasteiger partial charge in [-0.1, -0.05) is 11.6 Å². The van der Waals surface area contributed by atoms with Crippen LogP contribution in [0, 0.1) is 11.8 Å². The van der Waals surface area contributed by atoms with Crippen LogP contribution in [0.3, 0.4) is 0 Å². The average molecular weight is 327 g/mol. The van der Waals surface area contributed by atoms with E-state index in [1.165, 1.54) is 6.07 Å². The highest BCUT2D eigenvalue weighted by molar-refractivity contribution is 7.89. The van der Waals surface area contributed by atoms with Crippen molar-refractivity contribution >= 4 is 27.4 Å². The van der Waals surface area contributed by atoms with E-state index in [1.54, 1.807) is 6.07 Å². The molecular formula is C14H15ClN2O3S. The van der Waals surface area contributed by atoms with Crippen LogP contribution in [-0.2, 0) is 16.4 Å². The van der Waals surface area contributed by atoms with E-state index >= 15 is 0 Å². The first-order valence-electron chi connectivity index (χ1n) is 7.06. The molecule has 0 aromatic heterocycles. The van der Waals surface area contributed by atoms with Crippen molar-refractivity contribution < 1.29 is 13.2 Å². The number of sulfonamides is 1. The van der Waals surface area contributed by atoms with Crippen LogP contribution in [0.4, 0.5) is 0 Å². The summed E-state index contributed by atoms with van der Waals surface area (Å²) in [4.78, 5) is 11.8. The van der Waals surface area contributed by atoms with Gasteiger partial charge in [0.2, 0.25) is 10.0 Å². The normalized spacial score (nSPS) is 30.3. The quantitative estimate of drug-likeness (QED) is 0.867. The molecule has 0 amide bonds. The summed E-state index contributed by atoms with van der Waals surface area (Å²) in [6.45, 7) is 1.71. The summed E-state index contributed by atoms with van der Waals surface area (Å²) < 4.78 is 27.8. The standard InChI is InChI=1S/C14H15ClN2O3S/c15-11-3-7-1-2-12(18)8(7)4-13(11)21(19,20)17-14-9-5-16-6-10(9)14/h3-4,9-10,14,16-17H,1-2,5-6H2/t9-,10+,14?. The molecule has 1 aliphatic heterocycles. The van der Waals surface area contributed by atoms with Crippen molar-refractivity contribution in [3.63, 3.8) is 0 Å². The lowest BCUT2D eigenvalue weighted by atomic mass is 10.1. The number of rotatable bonds is 3. The number of hydrogen-bond donors (Lipinski definition) is 2. The Hall–Kier alpha value is -0.950. The molecule has 2 fully saturated rings. The number of fused-ring (bicyclic) bond motifs is 2. The number of carbonyl (C=O) groups excluding carboxylic acids is 1. The molecule has 4 rings (SSSR count). The minimum Gasteiger partial charge on any atom is -0.316 e. The smallest absolute Gasteiger partial charge is 0.242 e. The van der Waals surface area contributed by atoms with Crippen LogP contribution < -0.4 is 10.0 Å². The second-order valence-electron chi connectivity index (χ2n) is 6.00. The second-order valence-corrected chi connectivity index (χ2v) is 8.09. The molecule has 1 aromatic carbocycles. The van der Waals surface area contributed by atoms with Crippen molar-refractivity contribution in [2.45, 2.75) is 23.8 Å². The van der Waals surface area contributed by atoms with Gasteiger partial charge in [0.25, 0.3) is 0 Å². The number of ketones is 1. The van der Waals surface area contributed by atoms with Crippen LogP contribution in [0.1, 0.15) is 22.3 Å². The fraction of sp³-hybridized carbons (Fsp3) is 0.500. The molecule has 3 atom stereocenters. The van der Waals surface area contributed by atoms with Gasteiger partial charge in [-0.2, -0.15) is 0 Å². The van der Waals surface area contributed by atoms with Crippen LogP contribution in [-0.4, -0.2) is 33.3 Å². The predicted molar refractivity (Wildman–Crippen MR) is 78.1 cm³/mol. The average Bonchev–Trinajstić information content (AvgIpc) is 2.82. The van der Waals surface area contributed by atoms with E-state index in [9.17, 15) is 13.2 Å². The molecule has 1 saturated carbocycles. The Morgan fingerprint density at radius 2 is 1.90 bits per heavy atom. The minimum atomic E-state index is -3.68. The first-order valence-corrected chi connectivity index (χ1v) is 8.92. The molecule has 112 valence electrons. The third-order valence-electron chi connectivity index (χ3n) is 4.75. The van der Waals surface area contributed by atoms with Gasteiger partial charge in [0.05, 0.1) is 5.02 Å². The molecule has 0 spiro atoms. The zero-order chi connectivity index (χ0) is 14.8. The van der Waals surface area contributed by atoms with Crippen LogP contribution >= 0.6 is 11.6 Å². The zero-order valence-electron chi connectivity index (χ0n) is 11.2. The number of nitrogens with one attached hydrogen (secondary N) is 2. The Morgan fingerprint density at radius 1 is 1.19 bits per heavy atom. The molecule has 2 N–H and O–H groups in total. The largest absolute Gasteiger partial charge is 0.316 e. The molecular weight excluding hydrogens is 312 g/mol. The molecule has 7 heteroatoms. The molecule has 1 saturated heterocycles. The van der Waals surface area contributed by atoms with Crippen molar-refractivity contribution in [2.75, 3.05) is 13.1 Å². The monoisotopic (exact) mass is 326 g/mol. The number of hydrogen-bond acceptors (Lipinski definition) is 4. The summed E-state index contributed by atoms with van der Waals surface area (Å²) in [6, 6.07) is 3.05. The number of halogens is 1. The Bertz CT molecular complexity index is 737. The van der Waals surface area contributed by atoms with Crippen molar-refractivity contribution in [1.82, 2.24) is 10.0 Å². The third kappa shape index (κ3) is 2.12. The molecule has 5 nitrogen and oxygen atoms in total. The highest BCUT2D eigenvalue weighted by atomic mass is 35.5. The number of aryl methyl sites for hydroxylation is 1. The third-order valence-corrected chi connectivity index (χ3v) is 6.68. The summed E-state index contributed by atoms with van der Waals surface area (Å²) in [5, 5.41) is 3.42. The van der Waals surface area contributed by atoms with Gasteiger partial charge < -0.3 is 5.32 Å². The number of benzene rings is 1. The van der Waals surface area contributed by atoms with Crippen LogP contribution in [0.25, 0.3) is 0 Å². The van der Waals surface area contributed by atoms with Crippen molar-refractivity contribution in [2.24, 2.45) is 11.8 Å². The summed E-state index contributed by atoms with van der Waals surface area (Å²) in [5.41, 5.74) is 1.34. The fourth-order valence-electron chi connectivity index (χ4n) is 3.49. The molecule has 1 aromatic rings. The minimum absolute atomic E-state index is 0.00345. The molecule has 3 aliphatic rings. The Morgan fingerprint density at radius 3 is 2.62 bits per heavy atom. The topological polar surface area (TPSA) is 75.3 Å². The Labute approximate surface area is 128 Å². The molecule has 0 bridgehead atoms. The fourth-order valence-corrected chi connectivity index (χ4v) is 5.40. The van der Waals surface area contributed by atoms with Crippen molar-refractivity contribution in [1.29, 1.82) is 0 Å². The maximum atomic E-state index is 12.5. The molecule has 21 heavy (non-hydrogen) atoms. The van der Waals surface area contributed by atoms with Crippen LogP contribution in [0.5, 0.6) is 0 Å². The van der Waals surface area contributed by atoms with Gasteiger partial charge >= 0.3 is 0 Å². The van der Waals surface area contributed by atoms with Crippen LogP contribution in [0.15, 0.2) is 17.0 Å². The van der Waals surface area contributed by atoms with E-state index in [1.807, 2.05) is 0 Å². The second kappa shape index (κ2) is 4.52. The zero-order valence-corrected chi connectivity index (χ0v) is 12.8. The van der Waals surface area contributed by atoms with E-state index in [0.717, 1.165) is 18.7 Å². The van der Waals surface area contributed by atoms with Gasteiger partial charge in [0.15, 0.2) is 5.78 Å². The first kappa shape index (κ1) is 13.7. The van der Waals surface area contributed by atoms with Crippen molar-refractivity contribution in [3.05, 3.63) is 28.3 Å². The highest BCUT2D eigenvalue weighted by Gasteiger charge is 2.54. The van der Waals surface area contributed by atoms with Gasteiger partial charge in [-0.15, -0.1) is 0 Å². The SMILES string of the molecule is O=C1CCc2cc(Cl)c(S(=O)(=O)NC3[C@H]4CNC[C@@H]34)cc21. The van der Waals surface area contributed by atoms with Gasteiger partial charge in [-0.3, -0.25) is 4.79 Å². The maximum Gasteiger partial charge on any atom is 0.242 e. The van der Waals surface area contributed by atoms with Crippen molar-refractivity contribution in [3.8, 4) is 0 Å². The van der Waals surface area contributed by atoms with Gasteiger partial charge in [0, 0.05) is 18.0 Å². The summed E-state index contributed by atoms with van der Waals surface area (Å²) in [6.07, 6.45) is 1.07. The summed E-state index contributed by atoms with van der Waals surface area (Å²) >= 11 is 6.12. The molecule has 0 radical (unpaired) electrons. The van der Waals surface area contributed by atoms with Gasteiger partial charge in [-0.25, -0.2) is 13.1 Å². The number of Topliss-reactive ketones (excluding diaryl/α,β-unsaturated/α-hetero) is 1. The van der Waals surface area contributed by atoms with E-state index in [2.05, 4.69) is 10.0 Å². The maximum absolute atomic E-state index is 12.5. The molecule has 1 heterocycles. The Kier molecular flexibility index (Phi) is 2.95.